The number of furan rings is 1. The summed E-state index contributed by atoms with van der Waals surface area (Å²) in [5, 5.41) is 3.26. The van der Waals surface area contributed by atoms with E-state index in [-0.39, 0.29) is 6.04 Å². The lowest BCUT2D eigenvalue weighted by molar-refractivity contribution is 0.0470. The summed E-state index contributed by atoms with van der Waals surface area (Å²) in [6, 6.07) is 3.70. The maximum Gasteiger partial charge on any atom is 0.116 e. The van der Waals surface area contributed by atoms with Crippen LogP contribution >= 0.6 is 0 Å². The molecule has 2 atom stereocenters. The van der Waals surface area contributed by atoms with Gasteiger partial charge in [0.25, 0.3) is 0 Å². The molecule has 1 saturated heterocycles. The highest BCUT2D eigenvalue weighted by Crippen LogP contribution is 2.24. The summed E-state index contributed by atoms with van der Waals surface area (Å²) in [5.74, 6) is 0.696. The first-order chi connectivity index (χ1) is 7.66. The van der Waals surface area contributed by atoms with Crippen molar-refractivity contribution in [1.29, 1.82) is 0 Å². The summed E-state index contributed by atoms with van der Waals surface area (Å²) < 4.78 is 24.8. The van der Waals surface area contributed by atoms with E-state index in [1.54, 1.807) is 19.3 Å². The molecule has 0 amide bonds. The third-order valence-electron chi connectivity index (χ3n) is 2.79. The van der Waals surface area contributed by atoms with Gasteiger partial charge in [0.1, 0.15) is 11.4 Å². The molecule has 2 unspecified atom stereocenters. The van der Waals surface area contributed by atoms with E-state index < -0.39 is 5.67 Å². The van der Waals surface area contributed by atoms with Gasteiger partial charge in [-0.15, -0.1) is 0 Å². The lowest BCUT2D eigenvalue weighted by Crippen LogP contribution is -2.45. The van der Waals surface area contributed by atoms with Crippen LogP contribution in [0.5, 0.6) is 0 Å². The Kier molecular flexibility index (Phi) is 3.61. The van der Waals surface area contributed by atoms with Crippen LogP contribution in [0, 0.1) is 0 Å². The molecule has 0 bridgehead atoms. The molecule has 1 aromatic heterocycles. The number of alkyl halides is 1. The molecule has 0 spiro atoms. The number of rotatable bonds is 4. The molecule has 1 fully saturated rings. The Labute approximate surface area is 95.0 Å². The second kappa shape index (κ2) is 4.97. The van der Waals surface area contributed by atoms with Crippen molar-refractivity contribution in [1.82, 2.24) is 5.32 Å². The van der Waals surface area contributed by atoms with Crippen molar-refractivity contribution in [2.75, 3.05) is 19.8 Å². The smallest absolute Gasteiger partial charge is 0.116 e. The lowest BCUT2D eigenvalue weighted by atomic mass is 9.94. The van der Waals surface area contributed by atoms with Crippen LogP contribution < -0.4 is 5.32 Å². The van der Waals surface area contributed by atoms with Gasteiger partial charge in [0.05, 0.1) is 19.5 Å². The largest absolute Gasteiger partial charge is 0.469 e. The van der Waals surface area contributed by atoms with Crippen molar-refractivity contribution < 1.29 is 13.5 Å². The van der Waals surface area contributed by atoms with Gasteiger partial charge in [0, 0.05) is 19.0 Å². The van der Waals surface area contributed by atoms with E-state index >= 15 is 0 Å². The molecule has 0 radical (unpaired) electrons. The predicted octanol–water partition coefficient (Wildman–Crippen LogP) is 1.93. The third kappa shape index (κ3) is 3.32. The second-order valence-electron chi connectivity index (χ2n) is 4.60. The molecule has 90 valence electrons. The number of halogens is 1. The summed E-state index contributed by atoms with van der Waals surface area (Å²) in [6.45, 7) is 3.74. The van der Waals surface area contributed by atoms with E-state index in [4.69, 9.17) is 9.15 Å². The van der Waals surface area contributed by atoms with Crippen LogP contribution in [0.2, 0.25) is 0 Å². The van der Waals surface area contributed by atoms with Crippen LogP contribution in [-0.2, 0) is 11.2 Å². The monoisotopic (exact) mass is 227 g/mol. The standard InChI is InChI=1S/C12H18FNO2/c1-12(13,8-11-3-2-5-16-11)7-10-9-15-6-4-14-10/h2-3,5,10,14H,4,6-9H2,1H3. The number of hydrogen-bond acceptors (Lipinski definition) is 3. The first-order valence-corrected chi connectivity index (χ1v) is 5.68. The summed E-state index contributed by atoms with van der Waals surface area (Å²) in [7, 11) is 0. The molecule has 2 rings (SSSR count). The zero-order valence-corrected chi connectivity index (χ0v) is 9.54. The van der Waals surface area contributed by atoms with Crippen LogP contribution in [0.25, 0.3) is 0 Å². The van der Waals surface area contributed by atoms with Gasteiger partial charge in [-0.3, -0.25) is 0 Å². The van der Waals surface area contributed by atoms with E-state index in [1.807, 2.05) is 6.07 Å². The molecular weight excluding hydrogens is 209 g/mol. The molecular formula is C12H18FNO2. The fraction of sp³-hybridized carbons (Fsp3) is 0.667. The van der Waals surface area contributed by atoms with E-state index in [9.17, 15) is 4.39 Å². The topological polar surface area (TPSA) is 34.4 Å². The Morgan fingerprint density at radius 3 is 3.12 bits per heavy atom. The molecule has 4 heteroatoms. The number of nitrogens with one attached hydrogen (secondary N) is 1. The second-order valence-corrected chi connectivity index (χ2v) is 4.60. The molecule has 0 aromatic carbocycles. The lowest BCUT2D eigenvalue weighted by Gasteiger charge is -2.29. The van der Waals surface area contributed by atoms with Crippen LogP contribution in [0.1, 0.15) is 19.1 Å². The normalized spacial score (nSPS) is 25.2. The molecule has 16 heavy (non-hydrogen) atoms. The Hall–Kier alpha value is -0.870. The number of hydrogen-bond donors (Lipinski definition) is 1. The quantitative estimate of drug-likeness (QED) is 0.853. The Bertz CT molecular complexity index is 305. The summed E-state index contributed by atoms with van der Waals surface area (Å²) >= 11 is 0. The minimum Gasteiger partial charge on any atom is -0.469 e. The Balaban J connectivity index is 1.86. The van der Waals surface area contributed by atoms with Crippen molar-refractivity contribution in [3.05, 3.63) is 24.2 Å². The summed E-state index contributed by atoms with van der Waals surface area (Å²) in [4.78, 5) is 0. The van der Waals surface area contributed by atoms with E-state index in [1.165, 1.54) is 0 Å². The average Bonchev–Trinajstić information content (AvgIpc) is 2.70. The van der Waals surface area contributed by atoms with Gasteiger partial charge >= 0.3 is 0 Å². The van der Waals surface area contributed by atoms with Gasteiger partial charge in [-0.05, 0) is 25.5 Å². The summed E-state index contributed by atoms with van der Waals surface area (Å²) in [6.07, 6.45) is 2.35. The van der Waals surface area contributed by atoms with E-state index in [0.29, 0.717) is 25.2 Å². The van der Waals surface area contributed by atoms with Crippen molar-refractivity contribution in [2.24, 2.45) is 0 Å². The molecule has 2 heterocycles. The van der Waals surface area contributed by atoms with E-state index in [0.717, 1.165) is 13.2 Å². The maximum absolute atomic E-state index is 14.3. The van der Waals surface area contributed by atoms with Gasteiger partial charge in [-0.2, -0.15) is 0 Å². The van der Waals surface area contributed by atoms with Gasteiger partial charge < -0.3 is 14.5 Å². The minimum atomic E-state index is -1.25. The molecule has 1 aliphatic heterocycles. The van der Waals surface area contributed by atoms with Crippen molar-refractivity contribution >= 4 is 0 Å². The first kappa shape index (κ1) is 11.6. The van der Waals surface area contributed by atoms with Crippen LogP contribution in [0.4, 0.5) is 4.39 Å². The molecule has 0 aliphatic carbocycles. The van der Waals surface area contributed by atoms with Crippen molar-refractivity contribution in [3.8, 4) is 0 Å². The minimum absolute atomic E-state index is 0.110. The Morgan fingerprint density at radius 2 is 2.50 bits per heavy atom. The van der Waals surface area contributed by atoms with E-state index in [2.05, 4.69) is 5.32 Å². The van der Waals surface area contributed by atoms with Gasteiger partial charge in [0.2, 0.25) is 0 Å². The third-order valence-corrected chi connectivity index (χ3v) is 2.79. The molecule has 1 aliphatic rings. The highest BCUT2D eigenvalue weighted by atomic mass is 19.1. The van der Waals surface area contributed by atoms with Crippen LogP contribution in [-0.4, -0.2) is 31.5 Å². The highest BCUT2D eigenvalue weighted by Gasteiger charge is 2.30. The molecule has 1 N–H and O–H groups in total. The highest BCUT2D eigenvalue weighted by molar-refractivity contribution is 5.03. The van der Waals surface area contributed by atoms with Crippen LogP contribution in [0.15, 0.2) is 22.8 Å². The Morgan fingerprint density at radius 1 is 1.62 bits per heavy atom. The van der Waals surface area contributed by atoms with Crippen molar-refractivity contribution in [2.45, 2.75) is 31.5 Å². The fourth-order valence-corrected chi connectivity index (χ4v) is 2.11. The number of morpholine rings is 1. The predicted molar refractivity (Wildman–Crippen MR) is 59.2 cm³/mol. The van der Waals surface area contributed by atoms with Gasteiger partial charge in [-0.25, -0.2) is 4.39 Å². The van der Waals surface area contributed by atoms with Gasteiger partial charge in [0.15, 0.2) is 0 Å². The zero-order valence-electron chi connectivity index (χ0n) is 9.54. The maximum atomic E-state index is 14.3. The molecule has 3 nitrogen and oxygen atoms in total. The van der Waals surface area contributed by atoms with Crippen molar-refractivity contribution in [3.63, 3.8) is 0 Å². The average molecular weight is 227 g/mol. The summed E-state index contributed by atoms with van der Waals surface area (Å²) in [5.41, 5.74) is -1.25. The fourth-order valence-electron chi connectivity index (χ4n) is 2.11. The number of ether oxygens (including phenoxy) is 1. The van der Waals surface area contributed by atoms with Gasteiger partial charge in [-0.1, -0.05) is 0 Å². The molecule has 1 aromatic rings. The SMILES string of the molecule is CC(F)(Cc1ccco1)CC1COCCN1. The van der Waals surface area contributed by atoms with Crippen LogP contribution in [0.3, 0.4) is 0 Å². The zero-order chi connectivity index (χ0) is 11.4. The molecule has 0 saturated carbocycles. The first-order valence-electron chi connectivity index (χ1n) is 5.68.